The van der Waals surface area contributed by atoms with Crippen LogP contribution in [0, 0.1) is 5.82 Å². The summed E-state index contributed by atoms with van der Waals surface area (Å²) in [5.74, 6) is -0.198. The Morgan fingerprint density at radius 3 is 2.43 bits per heavy atom. The van der Waals surface area contributed by atoms with Gasteiger partial charge in [0.15, 0.2) is 0 Å². The molecule has 0 aliphatic heterocycles. The summed E-state index contributed by atoms with van der Waals surface area (Å²) >= 11 is 5.15. The lowest BCUT2D eigenvalue weighted by atomic mass is 10.2. The Morgan fingerprint density at radius 2 is 1.90 bits per heavy atom. The summed E-state index contributed by atoms with van der Waals surface area (Å²) in [7, 11) is 1.90. The van der Waals surface area contributed by atoms with Gasteiger partial charge in [-0.25, -0.2) is 4.39 Å². The Kier molecular flexibility index (Phi) is 5.27. The highest BCUT2D eigenvalue weighted by Crippen LogP contribution is 2.30. The van der Waals surface area contributed by atoms with Crippen molar-refractivity contribution in [2.45, 2.75) is 32.9 Å². The first-order valence-corrected chi connectivity index (χ1v) is 8.53. The van der Waals surface area contributed by atoms with Gasteiger partial charge in [0.1, 0.15) is 5.82 Å². The van der Waals surface area contributed by atoms with Crippen LogP contribution in [0.15, 0.2) is 34.1 Å². The van der Waals surface area contributed by atoms with Gasteiger partial charge in [0.2, 0.25) is 0 Å². The van der Waals surface area contributed by atoms with E-state index in [2.05, 4.69) is 34.2 Å². The Hall–Kier alpha value is -1.07. The lowest BCUT2D eigenvalue weighted by Gasteiger charge is -2.25. The van der Waals surface area contributed by atoms with Crippen LogP contribution in [0.25, 0.3) is 0 Å². The Morgan fingerprint density at radius 1 is 1.19 bits per heavy atom. The van der Waals surface area contributed by atoms with Gasteiger partial charge >= 0.3 is 0 Å². The SMILES string of the molecule is CC(Nc1ccc(N(C)C(C)C)c(F)c1)c1ccc(Br)s1. The molecule has 0 spiro atoms. The van der Waals surface area contributed by atoms with E-state index in [9.17, 15) is 4.39 Å². The second-order valence-electron chi connectivity index (χ2n) is 5.38. The molecule has 0 saturated heterocycles. The first-order chi connectivity index (χ1) is 9.88. The van der Waals surface area contributed by atoms with Crippen molar-refractivity contribution in [3.05, 3.63) is 44.8 Å². The first kappa shape index (κ1) is 16.3. The van der Waals surface area contributed by atoms with Crippen LogP contribution < -0.4 is 10.2 Å². The summed E-state index contributed by atoms with van der Waals surface area (Å²) < 4.78 is 15.3. The fourth-order valence-electron chi connectivity index (χ4n) is 2.04. The van der Waals surface area contributed by atoms with Gasteiger partial charge < -0.3 is 10.2 Å². The second kappa shape index (κ2) is 6.79. The van der Waals surface area contributed by atoms with Crippen molar-refractivity contribution in [3.8, 4) is 0 Å². The molecule has 0 saturated carbocycles. The lowest BCUT2D eigenvalue weighted by molar-refractivity contribution is 0.614. The topological polar surface area (TPSA) is 15.3 Å². The van der Waals surface area contributed by atoms with E-state index in [4.69, 9.17) is 0 Å². The van der Waals surface area contributed by atoms with Gasteiger partial charge in [0, 0.05) is 23.7 Å². The molecule has 1 aromatic heterocycles. The van der Waals surface area contributed by atoms with Crippen LogP contribution in [0.5, 0.6) is 0 Å². The van der Waals surface area contributed by atoms with Crippen molar-refractivity contribution in [2.24, 2.45) is 0 Å². The third-order valence-corrected chi connectivity index (χ3v) is 5.31. The zero-order valence-corrected chi connectivity index (χ0v) is 15.1. The zero-order chi connectivity index (χ0) is 15.6. The average Bonchev–Trinajstić information content (AvgIpc) is 2.85. The maximum atomic E-state index is 14.2. The number of nitrogens with one attached hydrogen (secondary N) is 1. The summed E-state index contributed by atoms with van der Waals surface area (Å²) in [6, 6.07) is 9.83. The standard InChI is InChI=1S/C16H20BrFN2S/c1-10(2)20(4)14-6-5-12(9-13(14)18)19-11(3)15-7-8-16(17)21-15/h5-11,19H,1-4H3. The van der Waals surface area contributed by atoms with Gasteiger partial charge in [-0.3, -0.25) is 0 Å². The van der Waals surface area contributed by atoms with E-state index in [-0.39, 0.29) is 17.9 Å². The molecule has 2 nitrogen and oxygen atoms in total. The van der Waals surface area contributed by atoms with Gasteiger partial charge in [-0.2, -0.15) is 0 Å². The van der Waals surface area contributed by atoms with Crippen LogP contribution in [0.2, 0.25) is 0 Å². The lowest BCUT2D eigenvalue weighted by Crippen LogP contribution is -2.26. The molecule has 0 aliphatic carbocycles. The van der Waals surface area contributed by atoms with Crippen molar-refractivity contribution in [1.82, 2.24) is 0 Å². The molecule has 1 unspecified atom stereocenters. The molecule has 2 aromatic rings. The minimum atomic E-state index is -0.198. The molecule has 114 valence electrons. The summed E-state index contributed by atoms with van der Waals surface area (Å²) in [6.45, 7) is 6.16. The number of hydrogen-bond acceptors (Lipinski definition) is 3. The fourth-order valence-corrected chi connectivity index (χ4v) is 3.47. The largest absolute Gasteiger partial charge is 0.378 e. The van der Waals surface area contributed by atoms with E-state index in [0.29, 0.717) is 5.69 Å². The predicted octanol–water partition coefficient (Wildman–Crippen LogP) is 5.67. The average molecular weight is 371 g/mol. The van der Waals surface area contributed by atoms with E-state index in [0.717, 1.165) is 9.47 Å². The van der Waals surface area contributed by atoms with E-state index in [1.165, 1.54) is 4.88 Å². The molecular weight excluding hydrogens is 351 g/mol. The fraction of sp³-hybridized carbons (Fsp3) is 0.375. The molecule has 1 heterocycles. The van der Waals surface area contributed by atoms with Crippen LogP contribution in [0.1, 0.15) is 31.7 Å². The highest BCUT2D eigenvalue weighted by molar-refractivity contribution is 9.11. The monoisotopic (exact) mass is 370 g/mol. The van der Waals surface area contributed by atoms with E-state index in [1.807, 2.05) is 44.0 Å². The molecule has 5 heteroatoms. The minimum absolute atomic E-state index is 0.148. The Balaban J connectivity index is 2.13. The van der Waals surface area contributed by atoms with Crippen molar-refractivity contribution >= 4 is 38.6 Å². The van der Waals surface area contributed by atoms with Gasteiger partial charge in [-0.05, 0) is 67.0 Å². The van der Waals surface area contributed by atoms with Crippen LogP contribution in [0.4, 0.5) is 15.8 Å². The molecule has 0 radical (unpaired) electrons. The molecule has 1 atom stereocenters. The number of thiophene rings is 1. The van der Waals surface area contributed by atoms with Crippen LogP contribution in [-0.4, -0.2) is 13.1 Å². The van der Waals surface area contributed by atoms with Crippen molar-refractivity contribution < 1.29 is 4.39 Å². The summed E-state index contributed by atoms with van der Waals surface area (Å²) in [5, 5.41) is 3.34. The summed E-state index contributed by atoms with van der Waals surface area (Å²) in [5.41, 5.74) is 1.42. The molecule has 2 rings (SSSR count). The normalized spacial score (nSPS) is 12.5. The molecule has 1 aromatic carbocycles. The smallest absolute Gasteiger partial charge is 0.148 e. The molecule has 0 aliphatic rings. The number of benzene rings is 1. The van der Waals surface area contributed by atoms with E-state index < -0.39 is 0 Å². The van der Waals surface area contributed by atoms with Gasteiger partial charge in [-0.15, -0.1) is 11.3 Å². The quantitative estimate of drug-likeness (QED) is 0.729. The van der Waals surface area contributed by atoms with Gasteiger partial charge in [-0.1, -0.05) is 0 Å². The molecule has 0 amide bonds. The third-order valence-electron chi connectivity index (χ3n) is 3.51. The van der Waals surface area contributed by atoms with Gasteiger partial charge in [0.05, 0.1) is 15.5 Å². The third kappa shape index (κ3) is 3.98. The number of nitrogens with zero attached hydrogens (tertiary/aromatic N) is 1. The van der Waals surface area contributed by atoms with Crippen LogP contribution >= 0.6 is 27.3 Å². The van der Waals surface area contributed by atoms with E-state index in [1.54, 1.807) is 17.4 Å². The Bertz CT molecular complexity index is 612. The minimum Gasteiger partial charge on any atom is -0.378 e. The van der Waals surface area contributed by atoms with Crippen LogP contribution in [0.3, 0.4) is 0 Å². The van der Waals surface area contributed by atoms with Crippen molar-refractivity contribution in [1.29, 1.82) is 0 Å². The predicted molar refractivity (Wildman–Crippen MR) is 94.0 cm³/mol. The van der Waals surface area contributed by atoms with Gasteiger partial charge in [0.25, 0.3) is 0 Å². The number of anilines is 2. The molecule has 0 fully saturated rings. The first-order valence-electron chi connectivity index (χ1n) is 6.92. The maximum Gasteiger partial charge on any atom is 0.148 e. The number of rotatable bonds is 5. The van der Waals surface area contributed by atoms with Crippen molar-refractivity contribution in [3.63, 3.8) is 0 Å². The zero-order valence-electron chi connectivity index (χ0n) is 12.7. The maximum absolute atomic E-state index is 14.2. The number of halogens is 2. The highest BCUT2D eigenvalue weighted by Gasteiger charge is 2.13. The number of hydrogen-bond donors (Lipinski definition) is 1. The highest BCUT2D eigenvalue weighted by atomic mass is 79.9. The molecule has 1 N–H and O–H groups in total. The molecular formula is C16H20BrFN2S. The van der Waals surface area contributed by atoms with Crippen LogP contribution in [-0.2, 0) is 0 Å². The van der Waals surface area contributed by atoms with E-state index >= 15 is 0 Å². The molecule has 0 bridgehead atoms. The Labute approximate surface area is 138 Å². The summed E-state index contributed by atoms with van der Waals surface area (Å²) in [4.78, 5) is 3.14. The summed E-state index contributed by atoms with van der Waals surface area (Å²) in [6.07, 6.45) is 0. The van der Waals surface area contributed by atoms with Crippen molar-refractivity contribution in [2.75, 3.05) is 17.3 Å². The molecule has 21 heavy (non-hydrogen) atoms. The second-order valence-corrected chi connectivity index (χ2v) is 7.87.